The molecule has 10 heteroatoms. The maximum absolute atomic E-state index is 13.3. The van der Waals surface area contributed by atoms with Crippen LogP contribution in [0.2, 0.25) is 0 Å². The molecule has 0 radical (unpaired) electrons. The molecule has 200 valence electrons. The minimum absolute atomic E-state index is 0.182. The molecule has 1 heterocycles. The first-order valence-corrected chi connectivity index (χ1v) is 12.4. The summed E-state index contributed by atoms with van der Waals surface area (Å²) in [5.41, 5.74) is 3.17. The van der Waals surface area contributed by atoms with E-state index in [1.54, 1.807) is 32.2 Å². The van der Waals surface area contributed by atoms with Gasteiger partial charge < -0.3 is 25.6 Å². The number of hydrogen-bond donors (Lipinski definition) is 3. The van der Waals surface area contributed by atoms with Crippen molar-refractivity contribution in [2.45, 2.75) is 26.1 Å². The van der Waals surface area contributed by atoms with E-state index in [4.69, 9.17) is 4.74 Å². The summed E-state index contributed by atoms with van der Waals surface area (Å²) in [6.45, 7) is 3.35. The van der Waals surface area contributed by atoms with Gasteiger partial charge >= 0.3 is 12.0 Å². The lowest BCUT2D eigenvalue weighted by Gasteiger charge is -2.22. The predicted molar refractivity (Wildman–Crippen MR) is 148 cm³/mol. The number of benzodiazepines with no additional fused rings is 1. The number of hydrogen-bond acceptors (Lipinski definition) is 6. The fraction of sp³-hybridized carbons (Fsp3) is 0.207. The fourth-order valence-electron chi connectivity index (χ4n) is 4.10. The van der Waals surface area contributed by atoms with E-state index in [0.717, 1.165) is 11.1 Å². The number of carbonyl (C=O) groups is 4. The summed E-state index contributed by atoms with van der Waals surface area (Å²) in [7, 11) is 1.62. The largest absolute Gasteiger partial charge is 0.462 e. The number of esters is 1. The summed E-state index contributed by atoms with van der Waals surface area (Å²) in [5, 5.41) is 7.76. The quantitative estimate of drug-likeness (QED) is 0.406. The molecule has 2 atom stereocenters. The Bertz CT molecular complexity index is 1420. The second-order valence-electron chi connectivity index (χ2n) is 8.76. The number of anilines is 2. The molecule has 3 N–H and O–H groups in total. The van der Waals surface area contributed by atoms with Gasteiger partial charge in [-0.05, 0) is 32.0 Å². The number of benzene rings is 3. The molecule has 0 aromatic heterocycles. The zero-order chi connectivity index (χ0) is 27.9. The summed E-state index contributed by atoms with van der Waals surface area (Å²) in [6, 6.07) is 21.4. The third-order valence-corrected chi connectivity index (χ3v) is 6.08. The highest BCUT2D eigenvalue weighted by molar-refractivity contribution is 6.20. The monoisotopic (exact) mass is 527 g/mol. The molecule has 0 saturated carbocycles. The summed E-state index contributed by atoms with van der Waals surface area (Å²) in [5.74, 6) is -1.62. The van der Waals surface area contributed by atoms with Gasteiger partial charge in [0.1, 0.15) is 6.04 Å². The van der Waals surface area contributed by atoms with Crippen LogP contribution in [-0.4, -0.2) is 55.4 Å². The lowest BCUT2D eigenvalue weighted by molar-refractivity contribution is -0.128. The van der Waals surface area contributed by atoms with Crippen molar-refractivity contribution in [3.05, 3.63) is 95.6 Å². The Labute approximate surface area is 226 Å². The van der Waals surface area contributed by atoms with E-state index < -0.39 is 36.0 Å². The van der Waals surface area contributed by atoms with Crippen molar-refractivity contribution in [2.24, 2.45) is 4.99 Å². The summed E-state index contributed by atoms with van der Waals surface area (Å²) >= 11 is 0. The van der Waals surface area contributed by atoms with Crippen molar-refractivity contribution in [1.82, 2.24) is 10.6 Å². The number of likely N-dealkylation sites (N-methyl/N-ethyl adjacent to an activating group) is 1. The van der Waals surface area contributed by atoms with Gasteiger partial charge in [0.2, 0.25) is 12.1 Å². The molecule has 1 aliphatic rings. The van der Waals surface area contributed by atoms with Crippen LogP contribution in [0, 0.1) is 0 Å². The summed E-state index contributed by atoms with van der Waals surface area (Å²) in [6.07, 6.45) is -1.22. The number of para-hydroxylation sites is 2. The maximum Gasteiger partial charge on any atom is 0.340 e. The summed E-state index contributed by atoms with van der Waals surface area (Å²) in [4.78, 5) is 57.3. The van der Waals surface area contributed by atoms with Crippen LogP contribution in [-0.2, 0) is 14.3 Å². The van der Waals surface area contributed by atoms with Gasteiger partial charge in [-0.3, -0.25) is 9.59 Å². The molecule has 4 amide bonds. The van der Waals surface area contributed by atoms with Gasteiger partial charge in [0.05, 0.1) is 29.3 Å². The van der Waals surface area contributed by atoms with Gasteiger partial charge in [0.15, 0.2) is 0 Å². The van der Waals surface area contributed by atoms with Crippen LogP contribution >= 0.6 is 0 Å². The molecule has 10 nitrogen and oxygen atoms in total. The van der Waals surface area contributed by atoms with E-state index in [0.29, 0.717) is 11.4 Å². The number of urea groups is 1. The molecule has 0 unspecified atom stereocenters. The van der Waals surface area contributed by atoms with Crippen molar-refractivity contribution < 1.29 is 23.9 Å². The van der Waals surface area contributed by atoms with Crippen LogP contribution < -0.4 is 20.9 Å². The molecule has 3 aromatic carbocycles. The molecule has 0 aliphatic carbocycles. The van der Waals surface area contributed by atoms with Gasteiger partial charge in [-0.1, -0.05) is 60.7 Å². The van der Waals surface area contributed by atoms with Crippen LogP contribution in [0.4, 0.5) is 16.2 Å². The average Bonchev–Trinajstić information content (AvgIpc) is 3.04. The maximum atomic E-state index is 13.3. The van der Waals surface area contributed by atoms with Crippen molar-refractivity contribution in [1.29, 1.82) is 0 Å². The first kappa shape index (κ1) is 27.1. The second-order valence-corrected chi connectivity index (χ2v) is 8.76. The lowest BCUT2D eigenvalue weighted by atomic mass is 10.0. The van der Waals surface area contributed by atoms with Crippen molar-refractivity contribution in [3.8, 4) is 0 Å². The van der Waals surface area contributed by atoms with Crippen LogP contribution in [0.25, 0.3) is 0 Å². The zero-order valence-corrected chi connectivity index (χ0v) is 21.8. The van der Waals surface area contributed by atoms with E-state index in [-0.39, 0.29) is 17.9 Å². The lowest BCUT2D eigenvalue weighted by Crippen LogP contribution is -2.52. The highest BCUT2D eigenvalue weighted by atomic mass is 16.5. The van der Waals surface area contributed by atoms with Crippen LogP contribution in [0.1, 0.15) is 35.3 Å². The van der Waals surface area contributed by atoms with Crippen molar-refractivity contribution >= 4 is 40.9 Å². The van der Waals surface area contributed by atoms with Gasteiger partial charge in [-0.25, -0.2) is 14.6 Å². The fourth-order valence-corrected chi connectivity index (χ4v) is 4.10. The Morgan fingerprint density at radius 1 is 0.974 bits per heavy atom. The molecule has 1 aliphatic heterocycles. The van der Waals surface area contributed by atoms with E-state index >= 15 is 0 Å². The Hall–Kier alpha value is -4.99. The minimum Gasteiger partial charge on any atom is -0.462 e. The van der Waals surface area contributed by atoms with Crippen LogP contribution in [0.3, 0.4) is 0 Å². The molecule has 0 fully saturated rings. The predicted octanol–water partition coefficient (Wildman–Crippen LogP) is 3.33. The van der Waals surface area contributed by atoms with Gasteiger partial charge in [-0.2, -0.15) is 0 Å². The molecule has 3 aromatic rings. The van der Waals surface area contributed by atoms with Gasteiger partial charge in [0, 0.05) is 18.2 Å². The molecule has 4 rings (SSSR count). The minimum atomic E-state index is -1.22. The average molecular weight is 528 g/mol. The molecule has 0 bridgehead atoms. The zero-order valence-electron chi connectivity index (χ0n) is 21.8. The number of ether oxygens (including phenoxy) is 1. The van der Waals surface area contributed by atoms with E-state index in [9.17, 15) is 19.2 Å². The smallest absolute Gasteiger partial charge is 0.340 e. The molecular formula is C29H29N5O5. The number of rotatable bonds is 7. The SMILES string of the molecule is CCOC(=O)c1ccccc1NC(=O)N[C@@H](C)C(=O)N[C@H]1N=C(c2ccccc2)c2ccccc2N(C)C1=O. The first-order chi connectivity index (χ1) is 18.8. The first-order valence-electron chi connectivity index (χ1n) is 12.4. The number of nitrogens with one attached hydrogen (secondary N) is 3. The van der Waals surface area contributed by atoms with E-state index in [2.05, 4.69) is 20.9 Å². The summed E-state index contributed by atoms with van der Waals surface area (Å²) < 4.78 is 5.02. The highest BCUT2D eigenvalue weighted by Gasteiger charge is 2.32. The second kappa shape index (κ2) is 12.0. The number of aliphatic imine (C=N–C) groups is 1. The molecular weight excluding hydrogens is 498 g/mol. The van der Waals surface area contributed by atoms with Crippen LogP contribution in [0.15, 0.2) is 83.9 Å². The molecule has 0 saturated heterocycles. The highest BCUT2D eigenvalue weighted by Crippen LogP contribution is 2.27. The molecule has 0 spiro atoms. The molecule has 39 heavy (non-hydrogen) atoms. The van der Waals surface area contributed by atoms with E-state index in [1.807, 2.05) is 54.6 Å². The topological polar surface area (TPSA) is 129 Å². The van der Waals surface area contributed by atoms with Gasteiger partial charge in [-0.15, -0.1) is 0 Å². The number of nitrogens with zero attached hydrogens (tertiary/aromatic N) is 2. The van der Waals surface area contributed by atoms with Crippen LogP contribution in [0.5, 0.6) is 0 Å². The number of carbonyl (C=O) groups excluding carboxylic acids is 4. The number of amides is 4. The standard InChI is InChI=1S/C29H29N5O5/c1-4-39-28(37)20-14-8-10-16-22(20)31-29(38)30-18(2)26(35)33-25-27(36)34(3)23-17-11-9-15-21(23)24(32-25)19-12-6-5-7-13-19/h5-18,25H,4H2,1-3H3,(H,33,35)(H2,30,31,38)/t18-,25+/m0/s1. The third kappa shape index (κ3) is 6.12. The number of fused-ring (bicyclic) bond motifs is 1. The normalized spacial score (nSPS) is 15.3. The Morgan fingerprint density at radius 2 is 1.64 bits per heavy atom. The van der Waals surface area contributed by atoms with E-state index in [1.165, 1.54) is 17.9 Å². The van der Waals surface area contributed by atoms with Crippen molar-refractivity contribution in [2.75, 3.05) is 23.9 Å². The third-order valence-electron chi connectivity index (χ3n) is 6.08. The Kier molecular flexibility index (Phi) is 8.35. The van der Waals surface area contributed by atoms with Gasteiger partial charge in [0.25, 0.3) is 5.91 Å². The van der Waals surface area contributed by atoms with Crippen molar-refractivity contribution in [3.63, 3.8) is 0 Å². The Morgan fingerprint density at radius 3 is 2.38 bits per heavy atom. The Balaban J connectivity index is 1.51.